The fraction of sp³-hybridized carbons (Fsp3) is 0.286. The summed E-state index contributed by atoms with van der Waals surface area (Å²) in [6.45, 7) is 18.6. The minimum absolute atomic E-state index is 0.373. The number of nitriles is 1. The largest absolute Gasteiger partial charge is 0.457 e. The number of nitrogens with zero attached hydrogens (tertiary/aromatic N) is 1. The van der Waals surface area contributed by atoms with Gasteiger partial charge < -0.3 is 4.74 Å². The molecule has 0 radical (unpaired) electrons. The SMILES string of the molecule is C=CC#N.C=CC(=O)OC(C)(C)C.C=CC=C. The van der Waals surface area contributed by atoms with E-state index in [-0.39, 0.29) is 5.97 Å². The first-order valence-corrected chi connectivity index (χ1v) is 4.88. The van der Waals surface area contributed by atoms with E-state index < -0.39 is 5.60 Å². The molecule has 0 spiro atoms. The molecule has 0 atom stereocenters. The Balaban J connectivity index is -0.000000205. The van der Waals surface area contributed by atoms with Crippen LogP contribution in [0.5, 0.6) is 0 Å². The van der Waals surface area contributed by atoms with Gasteiger partial charge >= 0.3 is 5.97 Å². The van der Waals surface area contributed by atoms with Crippen LogP contribution in [0.3, 0.4) is 0 Å². The van der Waals surface area contributed by atoms with Crippen molar-refractivity contribution in [2.24, 2.45) is 0 Å². The van der Waals surface area contributed by atoms with Crippen LogP contribution in [-0.4, -0.2) is 11.6 Å². The Kier molecular flexibility index (Phi) is 16.7. The molecule has 0 unspecified atom stereocenters. The third-order valence-corrected chi connectivity index (χ3v) is 0.831. The van der Waals surface area contributed by atoms with Gasteiger partial charge in [-0.2, -0.15) is 5.26 Å². The number of hydrogen-bond acceptors (Lipinski definition) is 3. The zero-order chi connectivity index (χ0) is 14.3. The minimum Gasteiger partial charge on any atom is -0.457 e. The highest BCUT2D eigenvalue weighted by atomic mass is 16.6. The molecule has 0 aromatic rings. The first-order valence-electron chi connectivity index (χ1n) is 4.88. The van der Waals surface area contributed by atoms with Crippen molar-refractivity contribution in [3.8, 4) is 6.07 Å². The van der Waals surface area contributed by atoms with Crippen molar-refractivity contribution in [3.63, 3.8) is 0 Å². The van der Waals surface area contributed by atoms with Crippen molar-refractivity contribution >= 4 is 5.97 Å². The number of rotatable bonds is 2. The zero-order valence-corrected chi connectivity index (χ0v) is 10.9. The van der Waals surface area contributed by atoms with Crippen LogP contribution in [0.2, 0.25) is 0 Å². The van der Waals surface area contributed by atoms with Gasteiger partial charge in [-0.1, -0.05) is 38.5 Å². The highest BCUT2D eigenvalue weighted by molar-refractivity contribution is 5.81. The Morgan fingerprint density at radius 3 is 1.59 bits per heavy atom. The van der Waals surface area contributed by atoms with Crippen LogP contribution >= 0.6 is 0 Å². The monoisotopic (exact) mass is 235 g/mol. The van der Waals surface area contributed by atoms with Crippen LogP contribution in [0.1, 0.15) is 20.8 Å². The predicted octanol–water partition coefficient (Wildman–Crippen LogP) is 3.57. The maximum Gasteiger partial charge on any atom is 0.330 e. The van der Waals surface area contributed by atoms with E-state index in [1.165, 1.54) is 6.08 Å². The molecule has 0 aromatic heterocycles. The standard InChI is InChI=1S/C7H12O2.C4H6.C3H3N/c1-5-6(8)9-7(2,3)4;1-3-4-2;1-2-3-4/h5H,1H2,2-4H3;3-4H,1-2H2;2H,1H2. The lowest BCUT2D eigenvalue weighted by molar-refractivity contribution is -0.148. The average molecular weight is 235 g/mol. The molecular weight excluding hydrogens is 214 g/mol. The molecule has 0 aliphatic carbocycles. The van der Waals surface area contributed by atoms with Crippen molar-refractivity contribution in [1.82, 2.24) is 0 Å². The second kappa shape index (κ2) is 13.9. The summed E-state index contributed by atoms with van der Waals surface area (Å²) < 4.78 is 4.83. The van der Waals surface area contributed by atoms with Gasteiger partial charge in [0.25, 0.3) is 0 Å². The molecule has 0 aliphatic rings. The second-order valence-corrected chi connectivity index (χ2v) is 3.54. The van der Waals surface area contributed by atoms with Gasteiger partial charge in [0.1, 0.15) is 5.60 Å². The fourth-order valence-corrected chi connectivity index (χ4v) is 0.343. The maximum atomic E-state index is 10.5. The number of carbonyl (C=O) groups excluding carboxylic acids is 1. The molecule has 3 heteroatoms. The van der Waals surface area contributed by atoms with Gasteiger partial charge in [-0.3, -0.25) is 0 Å². The van der Waals surface area contributed by atoms with Gasteiger partial charge in [0.05, 0.1) is 6.07 Å². The average Bonchev–Trinajstić information content (AvgIpc) is 2.27. The van der Waals surface area contributed by atoms with E-state index in [0.29, 0.717) is 0 Å². The van der Waals surface area contributed by atoms with E-state index >= 15 is 0 Å². The summed E-state index contributed by atoms with van der Waals surface area (Å²) in [7, 11) is 0. The second-order valence-electron chi connectivity index (χ2n) is 3.54. The van der Waals surface area contributed by atoms with Gasteiger partial charge in [0, 0.05) is 12.2 Å². The summed E-state index contributed by atoms with van der Waals surface area (Å²) in [6.07, 6.45) is 5.62. The molecule has 3 nitrogen and oxygen atoms in total. The molecule has 0 aromatic carbocycles. The molecule has 0 aliphatic heterocycles. The summed E-state index contributed by atoms with van der Waals surface area (Å²) in [5.41, 5.74) is -0.398. The maximum absolute atomic E-state index is 10.5. The Morgan fingerprint density at radius 1 is 1.18 bits per heavy atom. The third kappa shape index (κ3) is 41.3. The third-order valence-electron chi connectivity index (χ3n) is 0.831. The minimum atomic E-state index is -0.398. The van der Waals surface area contributed by atoms with Gasteiger partial charge in [0.15, 0.2) is 0 Å². The quantitative estimate of drug-likeness (QED) is 0.318. The van der Waals surface area contributed by atoms with Gasteiger partial charge in [0.2, 0.25) is 0 Å². The number of ether oxygens (including phenoxy) is 1. The van der Waals surface area contributed by atoms with Crippen molar-refractivity contribution < 1.29 is 9.53 Å². The van der Waals surface area contributed by atoms with Gasteiger partial charge in [-0.15, -0.1) is 0 Å². The van der Waals surface area contributed by atoms with Crippen molar-refractivity contribution in [3.05, 3.63) is 50.6 Å². The number of hydrogen-bond donors (Lipinski definition) is 0. The number of carbonyl (C=O) groups is 1. The molecule has 0 amide bonds. The molecule has 94 valence electrons. The summed E-state index contributed by atoms with van der Waals surface area (Å²) in [6, 6.07) is 1.69. The van der Waals surface area contributed by atoms with E-state index in [2.05, 4.69) is 26.3 Å². The molecule has 0 rings (SSSR count). The lowest BCUT2D eigenvalue weighted by Gasteiger charge is -2.17. The fourth-order valence-electron chi connectivity index (χ4n) is 0.343. The molecule has 0 bridgehead atoms. The normalized spacial score (nSPS) is 7.65. The molecule has 0 fully saturated rings. The molecule has 0 saturated carbocycles. The topological polar surface area (TPSA) is 50.1 Å². The van der Waals surface area contributed by atoms with Crippen molar-refractivity contribution in [2.45, 2.75) is 26.4 Å². The lowest BCUT2D eigenvalue weighted by Crippen LogP contribution is -2.22. The van der Waals surface area contributed by atoms with Crippen LogP contribution < -0.4 is 0 Å². The first kappa shape index (κ1) is 20.3. The number of esters is 1. The van der Waals surface area contributed by atoms with E-state index in [9.17, 15) is 4.79 Å². The van der Waals surface area contributed by atoms with Crippen LogP contribution in [0, 0.1) is 11.3 Å². The Hall–Kier alpha value is -2.08. The van der Waals surface area contributed by atoms with E-state index in [4.69, 9.17) is 10.00 Å². The highest BCUT2D eigenvalue weighted by Crippen LogP contribution is 2.06. The van der Waals surface area contributed by atoms with E-state index in [1.54, 1.807) is 18.2 Å². The molecular formula is C14H21NO2. The van der Waals surface area contributed by atoms with Crippen molar-refractivity contribution in [1.29, 1.82) is 5.26 Å². The lowest BCUT2D eigenvalue weighted by atomic mass is 10.2. The van der Waals surface area contributed by atoms with Crippen molar-refractivity contribution in [2.75, 3.05) is 0 Å². The van der Waals surface area contributed by atoms with E-state index in [0.717, 1.165) is 6.08 Å². The number of allylic oxidation sites excluding steroid dienone is 3. The van der Waals surface area contributed by atoms with E-state index in [1.807, 2.05) is 20.8 Å². The zero-order valence-electron chi connectivity index (χ0n) is 10.9. The Bertz CT molecular complexity index is 284. The predicted molar refractivity (Wildman–Crippen MR) is 72.2 cm³/mol. The van der Waals surface area contributed by atoms with Gasteiger partial charge in [-0.05, 0) is 20.8 Å². The Labute approximate surface area is 104 Å². The van der Waals surface area contributed by atoms with Crippen LogP contribution in [0.25, 0.3) is 0 Å². The first-order chi connectivity index (χ1) is 7.78. The molecule has 17 heavy (non-hydrogen) atoms. The smallest absolute Gasteiger partial charge is 0.330 e. The van der Waals surface area contributed by atoms with Crippen LogP contribution in [0.15, 0.2) is 50.6 Å². The Morgan fingerprint density at radius 2 is 1.53 bits per heavy atom. The summed E-state index contributed by atoms with van der Waals surface area (Å²) >= 11 is 0. The van der Waals surface area contributed by atoms with Crippen LogP contribution in [0.4, 0.5) is 0 Å². The van der Waals surface area contributed by atoms with Crippen LogP contribution in [-0.2, 0) is 9.53 Å². The summed E-state index contributed by atoms with van der Waals surface area (Å²) in [5, 5.41) is 7.51. The highest BCUT2D eigenvalue weighted by Gasteiger charge is 2.12. The van der Waals surface area contributed by atoms with Gasteiger partial charge in [-0.25, -0.2) is 4.79 Å². The summed E-state index contributed by atoms with van der Waals surface area (Å²) in [5.74, 6) is -0.373. The molecule has 0 heterocycles. The summed E-state index contributed by atoms with van der Waals surface area (Å²) in [4.78, 5) is 10.5. The molecule has 0 saturated heterocycles. The molecule has 0 N–H and O–H groups in total.